The highest BCUT2D eigenvalue weighted by Gasteiger charge is 2.24. The van der Waals surface area contributed by atoms with Gasteiger partial charge in [0.1, 0.15) is 0 Å². The van der Waals surface area contributed by atoms with Gasteiger partial charge in [0.2, 0.25) is 0 Å². The van der Waals surface area contributed by atoms with E-state index in [0.717, 1.165) is 26.1 Å². The molecule has 4 heteroatoms. The molecule has 2 rings (SSSR count). The van der Waals surface area contributed by atoms with Crippen LogP contribution in [0.5, 0.6) is 0 Å². The van der Waals surface area contributed by atoms with Crippen LogP contribution in [0.25, 0.3) is 0 Å². The number of nitrogens with two attached hydrogens (primary N) is 1. The molecule has 0 bridgehead atoms. The lowest BCUT2D eigenvalue weighted by Gasteiger charge is -2.22. The Morgan fingerprint density at radius 3 is 3.00 bits per heavy atom. The lowest BCUT2D eigenvalue weighted by Crippen LogP contribution is -2.28. The van der Waals surface area contributed by atoms with Crippen molar-refractivity contribution in [2.75, 3.05) is 13.1 Å². The summed E-state index contributed by atoms with van der Waals surface area (Å²) in [4.78, 5) is 2.43. The zero-order chi connectivity index (χ0) is 10.8. The predicted octanol–water partition coefficient (Wildman–Crippen LogP) is 0.997. The van der Waals surface area contributed by atoms with Crippen LogP contribution >= 0.6 is 0 Å². The molecule has 0 amide bonds. The van der Waals surface area contributed by atoms with Crippen LogP contribution in [0, 0.1) is 0 Å². The average Bonchev–Trinajstić information content (AvgIpc) is 2.84. The fourth-order valence-electron chi connectivity index (χ4n) is 2.15. The summed E-state index contributed by atoms with van der Waals surface area (Å²) in [5.41, 5.74) is 7.21. The summed E-state index contributed by atoms with van der Waals surface area (Å²) in [5, 5.41) is 4.30. The first kappa shape index (κ1) is 10.6. The minimum absolute atomic E-state index is 0.355. The number of hydrogen-bond donors (Lipinski definition) is 1. The Kier molecular flexibility index (Phi) is 3.07. The average molecular weight is 208 g/mol. The Labute approximate surface area is 91.1 Å². The first-order valence-corrected chi connectivity index (χ1v) is 5.72. The summed E-state index contributed by atoms with van der Waals surface area (Å²) in [6.45, 7) is 7.40. The van der Waals surface area contributed by atoms with Crippen molar-refractivity contribution in [3.63, 3.8) is 0 Å². The molecule has 15 heavy (non-hydrogen) atoms. The van der Waals surface area contributed by atoms with E-state index < -0.39 is 0 Å². The number of hydrogen-bond acceptors (Lipinski definition) is 3. The van der Waals surface area contributed by atoms with Crippen molar-refractivity contribution in [1.82, 2.24) is 14.7 Å². The highest BCUT2D eigenvalue weighted by Crippen LogP contribution is 2.23. The number of likely N-dealkylation sites (tertiary alicyclic amines) is 1. The third-order valence-corrected chi connectivity index (χ3v) is 3.26. The highest BCUT2D eigenvalue weighted by atomic mass is 15.3. The van der Waals surface area contributed by atoms with Gasteiger partial charge in [-0.1, -0.05) is 0 Å². The largest absolute Gasteiger partial charge is 0.326 e. The molecular weight excluding hydrogens is 188 g/mol. The zero-order valence-electron chi connectivity index (χ0n) is 9.56. The van der Waals surface area contributed by atoms with Crippen molar-refractivity contribution in [2.24, 2.45) is 5.73 Å². The second-order valence-corrected chi connectivity index (χ2v) is 4.35. The van der Waals surface area contributed by atoms with Gasteiger partial charge in [0.25, 0.3) is 0 Å². The second-order valence-electron chi connectivity index (χ2n) is 4.35. The van der Waals surface area contributed by atoms with Gasteiger partial charge in [0.15, 0.2) is 0 Å². The summed E-state index contributed by atoms with van der Waals surface area (Å²) in [7, 11) is 0. The maximum absolute atomic E-state index is 5.91. The van der Waals surface area contributed by atoms with Crippen LogP contribution in [0.15, 0.2) is 12.4 Å². The molecular formula is C11H20N4. The Morgan fingerprint density at radius 1 is 1.67 bits per heavy atom. The molecule has 4 nitrogen and oxygen atoms in total. The van der Waals surface area contributed by atoms with Crippen molar-refractivity contribution in [1.29, 1.82) is 0 Å². The van der Waals surface area contributed by atoms with Gasteiger partial charge in [-0.05, 0) is 20.3 Å². The molecule has 1 saturated heterocycles. The molecule has 0 radical (unpaired) electrons. The van der Waals surface area contributed by atoms with E-state index in [2.05, 4.69) is 30.0 Å². The summed E-state index contributed by atoms with van der Waals surface area (Å²) in [6, 6.07) is 0.799. The summed E-state index contributed by atoms with van der Waals surface area (Å²) in [5.74, 6) is 0. The van der Waals surface area contributed by atoms with Gasteiger partial charge >= 0.3 is 0 Å². The van der Waals surface area contributed by atoms with Crippen molar-refractivity contribution in [2.45, 2.75) is 38.9 Å². The van der Waals surface area contributed by atoms with E-state index in [4.69, 9.17) is 5.73 Å². The van der Waals surface area contributed by atoms with E-state index in [1.807, 2.05) is 10.9 Å². The van der Waals surface area contributed by atoms with Crippen molar-refractivity contribution in [3.8, 4) is 0 Å². The Bertz CT molecular complexity index is 320. The lowest BCUT2D eigenvalue weighted by molar-refractivity contribution is 0.260. The van der Waals surface area contributed by atoms with Gasteiger partial charge in [0.05, 0.1) is 6.20 Å². The number of aromatic nitrogens is 2. The fourth-order valence-corrected chi connectivity index (χ4v) is 2.15. The van der Waals surface area contributed by atoms with Gasteiger partial charge in [-0.25, -0.2) is 0 Å². The van der Waals surface area contributed by atoms with E-state index in [-0.39, 0.29) is 0 Å². The normalized spacial score (nSPS) is 24.6. The Hall–Kier alpha value is -0.870. The van der Waals surface area contributed by atoms with Crippen LogP contribution in [0.1, 0.15) is 31.9 Å². The quantitative estimate of drug-likeness (QED) is 0.806. The summed E-state index contributed by atoms with van der Waals surface area (Å²) in [6.07, 6.45) is 5.22. The van der Waals surface area contributed by atoms with Gasteiger partial charge in [-0.3, -0.25) is 9.58 Å². The van der Waals surface area contributed by atoms with Crippen molar-refractivity contribution in [3.05, 3.63) is 18.0 Å². The maximum Gasteiger partial charge on any atom is 0.0537 e. The van der Waals surface area contributed by atoms with Crippen molar-refractivity contribution >= 4 is 0 Å². The third kappa shape index (κ3) is 2.21. The molecule has 1 fully saturated rings. The predicted molar refractivity (Wildman–Crippen MR) is 60.5 cm³/mol. The van der Waals surface area contributed by atoms with E-state index in [0.29, 0.717) is 12.1 Å². The molecule has 1 aliphatic heterocycles. The first-order valence-electron chi connectivity index (χ1n) is 5.72. The minimum Gasteiger partial charge on any atom is -0.326 e. The Morgan fingerprint density at radius 2 is 2.47 bits per heavy atom. The van der Waals surface area contributed by atoms with Gasteiger partial charge in [-0.2, -0.15) is 5.10 Å². The molecule has 2 atom stereocenters. The smallest absolute Gasteiger partial charge is 0.0537 e. The second kappa shape index (κ2) is 4.33. The standard InChI is InChI=1S/C11H20N4/c1-3-15-7-10(6-13-15)9(2)14-5-4-11(12)8-14/h6-7,9,11H,3-5,8,12H2,1-2H3. The van der Waals surface area contributed by atoms with E-state index >= 15 is 0 Å². The first-order chi connectivity index (χ1) is 7.20. The maximum atomic E-state index is 5.91. The van der Waals surface area contributed by atoms with Crippen LogP contribution in [-0.4, -0.2) is 33.8 Å². The molecule has 0 saturated carbocycles. The zero-order valence-corrected chi connectivity index (χ0v) is 9.56. The molecule has 0 aliphatic carbocycles. The molecule has 1 aliphatic rings. The molecule has 2 unspecified atom stereocenters. The Balaban J connectivity index is 2.03. The van der Waals surface area contributed by atoms with Crippen LogP contribution in [0.4, 0.5) is 0 Å². The van der Waals surface area contributed by atoms with E-state index in [1.165, 1.54) is 5.56 Å². The van der Waals surface area contributed by atoms with Gasteiger partial charge in [-0.15, -0.1) is 0 Å². The van der Waals surface area contributed by atoms with Crippen LogP contribution in [0.3, 0.4) is 0 Å². The van der Waals surface area contributed by atoms with Gasteiger partial charge < -0.3 is 5.73 Å². The number of rotatable bonds is 3. The van der Waals surface area contributed by atoms with Gasteiger partial charge in [0, 0.05) is 43.5 Å². The SMILES string of the molecule is CCn1cc(C(C)N2CCC(N)C2)cn1. The third-order valence-electron chi connectivity index (χ3n) is 3.26. The topological polar surface area (TPSA) is 47.1 Å². The van der Waals surface area contributed by atoms with E-state index in [1.54, 1.807) is 0 Å². The molecule has 0 aromatic carbocycles. The fraction of sp³-hybridized carbons (Fsp3) is 0.727. The minimum atomic E-state index is 0.355. The molecule has 2 heterocycles. The van der Waals surface area contributed by atoms with Crippen molar-refractivity contribution < 1.29 is 0 Å². The van der Waals surface area contributed by atoms with Crippen LogP contribution in [0.2, 0.25) is 0 Å². The number of nitrogens with zero attached hydrogens (tertiary/aromatic N) is 3. The van der Waals surface area contributed by atoms with E-state index in [9.17, 15) is 0 Å². The van der Waals surface area contributed by atoms with Crippen LogP contribution in [-0.2, 0) is 6.54 Å². The monoisotopic (exact) mass is 208 g/mol. The number of aryl methyl sites for hydroxylation is 1. The highest BCUT2D eigenvalue weighted by molar-refractivity contribution is 5.10. The summed E-state index contributed by atoms with van der Waals surface area (Å²) >= 11 is 0. The lowest BCUT2D eigenvalue weighted by atomic mass is 10.2. The molecule has 2 N–H and O–H groups in total. The van der Waals surface area contributed by atoms with Crippen LogP contribution < -0.4 is 5.73 Å². The summed E-state index contributed by atoms with van der Waals surface area (Å²) < 4.78 is 1.97. The molecule has 1 aromatic rings. The molecule has 1 aromatic heterocycles. The molecule has 0 spiro atoms. The molecule has 84 valence electrons.